The van der Waals surface area contributed by atoms with Gasteiger partial charge in [-0.15, -0.1) is 0 Å². The van der Waals surface area contributed by atoms with Crippen LogP contribution in [-0.2, 0) is 4.74 Å². The predicted molar refractivity (Wildman–Crippen MR) is 44.2 cm³/mol. The Labute approximate surface area is 79.2 Å². The second kappa shape index (κ2) is 4.66. The van der Waals surface area contributed by atoms with Gasteiger partial charge in [0.15, 0.2) is 24.2 Å². The normalized spacial score (nSPS) is 9.93. The number of benzene rings is 1. The van der Waals surface area contributed by atoms with E-state index >= 15 is 0 Å². The maximum absolute atomic E-state index is 13.0. The van der Waals surface area contributed by atoms with Gasteiger partial charge in [0.05, 0.1) is 0 Å². The van der Waals surface area contributed by atoms with Gasteiger partial charge in [0, 0.05) is 12.7 Å². The fourth-order valence-corrected chi connectivity index (χ4v) is 0.903. The average Bonchev–Trinajstić information content (AvgIpc) is 2.16. The fraction of sp³-hybridized carbons (Fsp3) is 0.222. The van der Waals surface area contributed by atoms with Gasteiger partial charge in [-0.25, -0.2) is 8.78 Å². The first-order valence-electron chi connectivity index (χ1n) is 3.75. The molecule has 0 spiro atoms. The highest BCUT2D eigenvalue weighted by Crippen LogP contribution is 2.22. The number of hydrogen-bond acceptors (Lipinski definition) is 3. The molecule has 0 amide bonds. The second-order valence-electron chi connectivity index (χ2n) is 2.48. The van der Waals surface area contributed by atoms with Crippen molar-refractivity contribution in [2.45, 2.75) is 0 Å². The molecule has 0 heterocycles. The van der Waals surface area contributed by atoms with Crippen LogP contribution in [-0.4, -0.2) is 20.2 Å². The van der Waals surface area contributed by atoms with Gasteiger partial charge < -0.3 is 9.47 Å². The first-order chi connectivity index (χ1) is 6.69. The van der Waals surface area contributed by atoms with Crippen LogP contribution < -0.4 is 4.74 Å². The van der Waals surface area contributed by atoms with Crippen LogP contribution in [0.5, 0.6) is 5.75 Å². The number of ether oxygens (including phenoxy) is 2. The van der Waals surface area contributed by atoms with Gasteiger partial charge in [0.1, 0.15) is 6.29 Å². The van der Waals surface area contributed by atoms with E-state index in [9.17, 15) is 13.6 Å². The standard InChI is InChI=1S/C9H8F2O3/c1-13-5-14-9-7(10)2-6(4-12)3-8(9)11/h2-4H,5H2,1H3. The Morgan fingerprint density at radius 3 is 2.36 bits per heavy atom. The van der Waals surface area contributed by atoms with E-state index in [2.05, 4.69) is 9.47 Å². The van der Waals surface area contributed by atoms with Crippen molar-refractivity contribution in [3.63, 3.8) is 0 Å². The molecule has 0 aliphatic rings. The van der Waals surface area contributed by atoms with Gasteiger partial charge in [0.2, 0.25) is 0 Å². The molecule has 0 aliphatic carbocycles. The van der Waals surface area contributed by atoms with Crippen LogP contribution in [0.15, 0.2) is 12.1 Å². The van der Waals surface area contributed by atoms with E-state index < -0.39 is 17.4 Å². The molecule has 0 fully saturated rings. The highest BCUT2D eigenvalue weighted by Gasteiger charge is 2.11. The molecule has 0 aromatic heterocycles. The molecule has 1 aromatic carbocycles. The Hall–Kier alpha value is -1.49. The summed E-state index contributed by atoms with van der Waals surface area (Å²) in [5.74, 6) is -2.40. The molecule has 0 N–H and O–H groups in total. The molecule has 0 radical (unpaired) electrons. The number of rotatable bonds is 4. The minimum Gasteiger partial charge on any atom is -0.461 e. The number of halogens is 2. The summed E-state index contributed by atoms with van der Waals surface area (Å²) in [5, 5.41) is 0. The molecule has 76 valence electrons. The van der Waals surface area contributed by atoms with Crippen molar-refractivity contribution in [3.05, 3.63) is 29.3 Å². The average molecular weight is 202 g/mol. The van der Waals surface area contributed by atoms with Crippen molar-refractivity contribution < 1.29 is 23.0 Å². The lowest BCUT2D eigenvalue weighted by molar-refractivity contribution is 0.0452. The molecule has 0 saturated heterocycles. The topological polar surface area (TPSA) is 35.5 Å². The predicted octanol–water partition coefficient (Wildman–Crippen LogP) is 1.76. The first kappa shape index (κ1) is 10.6. The fourth-order valence-electron chi connectivity index (χ4n) is 0.903. The number of carbonyl (C=O) groups is 1. The molecule has 3 nitrogen and oxygen atoms in total. The third kappa shape index (κ3) is 2.26. The lowest BCUT2D eigenvalue weighted by Gasteiger charge is -2.06. The maximum atomic E-state index is 13.0. The van der Waals surface area contributed by atoms with E-state index in [1.165, 1.54) is 7.11 Å². The number of carbonyl (C=O) groups excluding carboxylic acids is 1. The number of methoxy groups -OCH3 is 1. The summed E-state index contributed by atoms with van der Waals surface area (Å²) < 4.78 is 35.2. The van der Waals surface area contributed by atoms with Crippen LogP contribution in [0.3, 0.4) is 0 Å². The van der Waals surface area contributed by atoms with E-state index in [-0.39, 0.29) is 12.4 Å². The highest BCUT2D eigenvalue weighted by atomic mass is 19.1. The van der Waals surface area contributed by atoms with Crippen molar-refractivity contribution >= 4 is 6.29 Å². The van der Waals surface area contributed by atoms with Crippen molar-refractivity contribution in [2.24, 2.45) is 0 Å². The van der Waals surface area contributed by atoms with Crippen LogP contribution in [0.25, 0.3) is 0 Å². The Kier molecular flexibility index (Phi) is 3.53. The van der Waals surface area contributed by atoms with Crippen molar-refractivity contribution in [2.75, 3.05) is 13.9 Å². The van der Waals surface area contributed by atoms with E-state index in [0.717, 1.165) is 12.1 Å². The second-order valence-corrected chi connectivity index (χ2v) is 2.48. The van der Waals surface area contributed by atoms with Crippen molar-refractivity contribution in [1.82, 2.24) is 0 Å². The maximum Gasteiger partial charge on any atom is 0.193 e. The zero-order chi connectivity index (χ0) is 10.6. The van der Waals surface area contributed by atoms with Crippen molar-refractivity contribution in [1.29, 1.82) is 0 Å². The SMILES string of the molecule is COCOc1c(F)cc(C=O)cc1F. The van der Waals surface area contributed by atoms with Gasteiger partial charge in [-0.2, -0.15) is 0 Å². The molecule has 0 aliphatic heterocycles. The summed E-state index contributed by atoms with van der Waals surface area (Å²) >= 11 is 0. The molecule has 0 bridgehead atoms. The van der Waals surface area contributed by atoms with Crippen LogP contribution in [0, 0.1) is 11.6 Å². The number of aldehydes is 1. The van der Waals surface area contributed by atoms with Gasteiger partial charge in [-0.05, 0) is 12.1 Å². The quantitative estimate of drug-likeness (QED) is 0.551. The minimum absolute atomic E-state index is 0.0789. The van der Waals surface area contributed by atoms with E-state index in [0.29, 0.717) is 6.29 Å². The molecule has 0 atom stereocenters. The first-order valence-corrected chi connectivity index (χ1v) is 3.75. The Balaban J connectivity index is 2.99. The summed E-state index contributed by atoms with van der Waals surface area (Å²) in [6, 6.07) is 1.78. The van der Waals surface area contributed by atoms with Crippen LogP contribution >= 0.6 is 0 Å². The van der Waals surface area contributed by atoms with Gasteiger partial charge in [0.25, 0.3) is 0 Å². The van der Waals surface area contributed by atoms with Crippen LogP contribution in [0.2, 0.25) is 0 Å². The molecule has 1 rings (SSSR count). The Bertz CT molecular complexity index is 316. The summed E-state index contributed by atoms with van der Waals surface area (Å²) in [6.07, 6.45) is 0.353. The van der Waals surface area contributed by atoms with Gasteiger partial charge in [-0.3, -0.25) is 4.79 Å². The van der Waals surface area contributed by atoms with Gasteiger partial charge >= 0.3 is 0 Å². The zero-order valence-electron chi connectivity index (χ0n) is 7.42. The molecular weight excluding hydrogens is 194 g/mol. The molecule has 0 unspecified atom stereocenters. The van der Waals surface area contributed by atoms with E-state index in [4.69, 9.17) is 0 Å². The lowest BCUT2D eigenvalue weighted by atomic mass is 10.2. The monoisotopic (exact) mass is 202 g/mol. The minimum atomic E-state index is -0.927. The van der Waals surface area contributed by atoms with Crippen molar-refractivity contribution in [3.8, 4) is 5.75 Å². The van der Waals surface area contributed by atoms with E-state index in [1.807, 2.05) is 0 Å². The summed E-state index contributed by atoms with van der Waals surface area (Å²) in [5.41, 5.74) is -0.0789. The molecule has 14 heavy (non-hydrogen) atoms. The van der Waals surface area contributed by atoms with Gasteiger partial charge in [-0.1, -0.05) is 0 Å². The van der Waals surface area contributed by atoms with Crippen LogP contribution in [0.1, 0.15) is 10.4 Å². The highest BCUT2D eigenvalue weighted by molar-refractivity contribution is 5.75. The summed E-state index contributed by atoms with van der Waals surface area (Å²) in [6.45, 7) is -0.256. The largest absolute Gasteiger partial charge is 0.461 e. The third-order valence-corrected chi connectivity index (χ3v) is 1.48. The van der Waals surface area contributed by atoms with Crippen LogP contribution in [0.4, 0.5) is 8.78 Å². The Morgan fingerprint density at radius 2 is 1.93 bits per heavy atom. The van der Waals surface area contributed by atoms with E-state index in [1.54, 1.807) is 0 Å². The lowest BCUT2D eigenvalue weighted by Crippen LogP contribution is -2.03. The smallest absolute Gasteiger partial charge is 0.193 e. The summed E-state index contributed by atoms with van der Waals surface area (Å²) in [7, 11) is 1.33. The number of hydrogen-bond donors (Lipinski definition) is 0. The molecular formula is C9H8F2O3. The molecule has 0 saturated carbocycles. The summed E-state index contributed by atoms with van der Waals surface area (Å²) in [4.78, 5) is 10.2. The molecule has 5 heteroatoms. The zero-order valence-corrected chi connectivity index (χ0v) is 7.42. The molecule has 1 aromatic rings. The third-order valence-electron chi connectivity index (χ3n) is 1.48. The Morgan fingerprint density at radius 1 is 1.36 bits per heavy atom.